The third kappa shape index (κ3) is 4.68. The Labute approximate surface area is 125 Å². The summed E-state index contributed by atoms with van der Waals surface area (Å²) in [6.45, 7) is 1.93. The Balaban J connectivity index is 1.80. The molecule has 0 aliphatic rings. The molecule has 0 fully saturated rings. The molecular weight excluding hydrogens is 262 g/mol. The minimum absolute atomic E-state index is 0.000431. The maximum atomic E-state index is 12.0. The van der Waals surface area contributed by atoms with E-state index in [4.69, 9.17) is 5.73 Å². The summed E-state index contributed by atoms with van der Waals surface area (Å²) in [6, 6.07) is 15.3. The highest BCUT2D eigenvalue weighted by molar-refractivity contribution is 5.76. The van der Waals surface area contributed by atoms with Gasteiger partial charge in [0.1, 0.15) is 0 Å². The minimum Gasteiger partial charge on any atom is -0.348 e. The molecule has 1 aromatic carbocycles. The van der Waals surface area contributed by atoms with Crippen LogP contribution in [0.2, 0.25) is 0 Å². The van der Waals surface area contributed by atoms with Crippen LogP contribution < -0.4 is 11.1 Å². The van der Waals surface area contributed by atoms with Crippen molar-refractivity contribution >= 4 is 5.91 Å². The minimum atomic E-state index is -0.109. The Morgan fingerprint density at radius 1 is 1.19 bits per heavy atom. The largest absolute Gasteiger partial charge is 0.348 e. The van der Waals surface area contributed by atoms with E-state index in [2.05, 4.69) is 10.3 Å². The van der Waals surface area contributed by atoms with Crippen LogP contribution in [0.5, 0.6) is 0 Å². The number of aromatic nitrogens is 1. The molecule has 2 rings (SSSR count). The van der Waals surface area contributed by atoms with Gasteiger partial charge in [0.05, 0.1) is 11.7 Å². The van der Waals surface area contributed by atoms with E-state index in [0.717, 1.165) is 11.3 Å². The van der Waals surface area contributed by atoms with Gasteiger partial charge in [-0.05, 0) is 31.0 Å². The fourth-order valence-corrected chi connectivity index (χ4v) is 2.17. The molecule has 0 saturated heterocycles. The van der Waals surface area contributed by atoms with Crippen LogP contribution in [0.15, 0.2) is 54.7 Å². The van der Waals surface area contributed by atoms with Crippen molar-refractivity contribution in [3.63, 3.8) is 0 Å². The summed E-state index contributed by atoms with van der Waals surface area (Å²) >= 11 is 0. The number of hydrogen-bond acceptors (Lipinski definition) is 3. The summed E-state index contributed by atoms with van der Waals surface area (Å²) in [6.07, 6.45) is 2.77. The number of rotatable bonds is 6. The van der Waals surface area contributed by atoms with Gasteiger partial charge in [0.2, 0.25) is 5.91 Å². The highest BCUT2D eigenvalue weighted by Crippen LogP contribution is 2.15. The second-order valence-electron chi connectivity index (χ2n) is 5.10. The summed E-state index contributed by atoms with van der Waals surface area (Å²) in [5.74, 6) is -0.000431. The van der Waals surface area contributed by atoms with E-state index in [9.17, 15) is 4.79 Å². The molecule has 21 heavy (non-hydrogen) atoms. The maximum Gasteiger partial charge on any atom is 0.220 e. The Bertz CT molecular complexity index is 557. The third-order valence-electron chi connectivity index (χ3n) is 3.42. The van der Waals surface area contributed by atoms with Gasteiger partial charge >= 0.3 is 0 Å². The molecule has 4 heteroatoms. The molecule has 0 aliphatic carbocycles. The second-order valence-corrected chi connectivity index (χ2v) is 5.10. The molecule has 3 N–H and O–H groups in total. The van der Waals surface area contributed by atoms with E-state index in [0.29, 0.717) is 12.8 Å². The highest BCUT2D eigenvalue weighted by atomic mass is 16.1. The molecule has 2 aromatic rings. The molecule has 0 spiro atoms. The molecular formula is C17H21N3O. The summed E-state index contributed by atoms with van der Waals surface area (Å²) in [7, 11) is 0. The molecule has 1 heterocycles. The van der Waals surface area contributed by atoms with Gasteiger partial charge in [-0.3, -0.25) is 9.78 Å². The number of hydrogen-bond donors (Lipinski definition) is 2. The molecule has 0 radical (unpaired) electrons. The van der Waals surface area contributed by atoms with Crippen LogP contribution in [-0.2, 0) is 4.79 Å². The Kier molecular flexibility index (Phi) is 5.46. The lowest BCUT2D eigenvalue weighted by Crippen LogP contribution is -2.27. The van der Waals surface area contributed by atoms with Crippen LogP contribution in [0.1, 0.15) is 43.1 Å². The maximum absolute atomic E-state index is 12.0. The monoisotopic (exact) mass is 283 g/mol. The highest BCUT2D eigenvalue weighted by Gasteiger charge is 2.12. The van der Waals surface area contributed by atoms with Gasteiger partial charge in [-0.2, -0.15) is 0 Å². The first kappa shape index (κ1) is 15.2. The van der Waals surface area contributed by atoms with E-state index in [1.54, 1.807) is 6.20 Å². The molecule has 4 nitrogen and oxygen atoms in total. The average molecular weight is 283 g/mol. The van der Waals surface area contributed by atoms with E-state index in [1.165, 1.54) is 0 Å². The van der Waals surface area contributed by atoms with E-state index >= 15 is 0 Å². The van der Waals surface area contributed by atoms with Gasteiger partial charge in [0.25, 0.3) is 0 Å². The number of nitrogens with two attached hydrogens (primary N) is 1. The summed E-state index contributed by atoms with van der Waals surface area (Å²) < 4.78 is 0. The first-order valence-electron chi connectivity index (χ1n) is 7.17. The van der Waals surface area contributed by atoms with E-state index in [1.807, 2.05) is 55.5 Å². The van der Waals surface area contributed by atoms with Crippen molar-refractivity contribution in [2.75, 3.05) is 0 Å². The van der Waals surface area contributed by atoms with Crippen molar-refractivity contribution < 1.29 is 4.79 Å². The first-order valence-corrected chi connectivity index (χ1v) is 7.17. The summed E-state index contributed by atoms with van der Waals surface area (Å²) in [4.78, 5) is 16.2. The van der Waals surface area contributed by atoms with E-state index < -0.39 is 0 Å². The Morgan fingerprint density at radius 3 is 2.57 bits per heavy atom. The number of carbonyl (C=O) groups excluding carboxylic acids is 1. The van der Waals surface area contributed by atoms with Gasteiger partial charge in [-0.15, -0.1) is 0 Å². The SMILES string of the molecule is CC(NC(=O)CCC(N)c1ccccc1)c1ccccn1. The van der Waals surface area contributed by atoms with Crippen molar-refractivity contribution in [1.82, 2.24) is 10.3 Å². The predicted octanol–water partition coefficient (Wildman–Crippen LogP) is 2.74. The fraction of sp³-hybridized carbons (Fsp3) is 0.294. The quantitative estimate of drug-likeness (QED) is 0.856. The number of pyridine rings is 1. The van der Waals surface area contributed by atoms with Crippen LogP contribution in [0, 0.1) is 0 Å². The van der Waals surface area contributed by atoms with Crippen LogP contribution in [0.4, 0.5) is 0 Å². The first-order chi connectivity index (χ1) is 10.2. The lowest BCUT2D eigenvalue weighted by atomic mass is 10.0. The van der Waals surface area contributed by atoms with Crippen LogP contribution in [0.3, 0.4) is 0 Å². The molecule has 110 valence electrons. The van der Waals surface area contributed by atoms with Gasteiger partial charge in [0.15, 0.2) is 0 Å². The molecule has 0 bridgehead atoms. The second kappa shape index (κ2) is 7.55. The van der Waals surface area contributed by atoms with Gasteiger partial charge in [-0.25, -0.2) is 0 Å². The molecule has 0 saturated carbocycles. The van der Waals surface area contributed by atoms with Crippen molar-refractivity contribution in [3.05, 3.63) is 66.0 Å². The topological polar surface area (TPSA) is 68.0 Å². The van der Waals surface area contributed by atoms with Gasteiger partial charge in [0, 0.05) is 18.7 Å². The van der Waals surface area contributed by atoms with E-state index in [-0.39, 0.29) is 18.0 Å². The number of carbonyl (C=O) groups is 1. The van der Waals surface area contributed by atoms with Crippen molar-refractivity contribution in [1.29, 1.82) is 0 Å². The van der Waals surface area contributed by atoms with Gasteiger partial charge < -0.3 is 11.1 Å². The molecule has 0 aliphatic heterocycles. The number of benzene rings is 1. The van der Waals surface area contributed by atoms with Crippen LogP contribution >= 0.6 is 0 Å². The molecule has 2 atom stereocenters. The molecule has 1 aromatic heterocycles. The smallest absolute Gasteiger partial charge is 0.220 e. The van der Waals surface area contributed by atoms with Crippen LogP contribution in [-0.4, -0.2) is 10.9 Å². The third-order valence-corrected chi connectivity index (χ3v) is 3.42. The fourth-order valence-electron chi connectivity index (χ4n) is 2.17. The standard InChI is InChI=1S/C17H21N3O/c1-13(16-9-5-6-12-19-16)20-17(21)11-10-15(18)14-7-3-2-4-8-14/h2-9,12-13,15H,10-11,18H2,1H3,(H,20,21). The lowest BCUT2D eigenvalue weighted by molar-refractivity contribution is -0.121. The molecule has 2 unspecified atom stereocenters. The number of amides is 1. The predicted molar refractivity (Wildman–Crippen MR) is 83.4 cm³/mol. The number of nitrogens with zero attached hydrogens (tertiary/aromatic N) is 1. The van der Waals surface area contributed by atoms with Crippen molar-refractivity contribution in [3.8, 4) is 0 Å². The Morgan fingerprint density at radius 2 is 1.90 bits per heavy atom. The Hall–Kier alpha value is -2.20. The summed E-state index contributed by atoms with van der Waals surface area (Å²) in [5.41, 5.74) is 8.01. The van der Waals surface area contributed by atoms with Crippen molar-refractivity contribution in [2.24, 2.45) is 5.73 Å². The normalized spacial score (nSPS) is 13.4. The van der Waals surface area contributed by atoms with Crippen LogP contribution in [0.25, 0.3) is 0 Å². The molecule has 1 amide bonds. The van der Waals surface area contributed by atoms with Crippen molar-refractivity contribution in [2.45, 2.75) is 31.8 Å². The zero-order chi connectivity index (χ0) is 15.1. The van der Waals surface area contributed by atoms with Gasteiger partial charge in [-0.1, -0.05) is 36.4 Å². The summed E-state index contributed by atoms with van der Waals surface area (Å²) in [5, 5.41) is 2.95. The number of nitrogens with one attached hydrogen (secondary N) is 1. The lowest BCUT2D eigenvalue weighted by Gasteiger charge is -2.15. The zero-order valence-electron chi connectivity index (χ0n) is 12.2. The zero-order valence-corrected chi connectivity index (χ0v) is 12.2. The average Bonchev–Trinajstić information content (AvgIpc) is 2.54.